The standard InChI is InChI=1S/C15H22N2O4S/c1-11-5-4-8-17(14(11)10-16)22(19,20)13-7-3-6-12(9-13)15(18)21-2/h3,6-7,9,11,14H,4-5,8,10,16H2,1-2H3. The number of carbonyl (C=O) groups is 1. The number of rotatable bonds is 4. The van der Waals surface area contributed by atoms with Gasteiger partial charge in [-0.1, -0.05) is 13.0 Å². The Kier molecular flexibility index (Phi) is 5.20. The smallest absolute Gasteiger partial charge is 0.337 e. The molecule has 1 saturated heterocycles. The number of esters is 1. The van der Waals surface area contributed by atoms with Crippen LogP contribution >= 0.6 is 0 Å². The number of methoxy groups -OCH3 is 1. The van der Waals surface area contributed by atoms with Crippen molar-refractivity contribution >= 4 is 16.0 Å². The van der Waals surface area contributed by atoms with Crippen molar-refractivity contribution in [2.24, 2.45) is 11.7 Å². The first-order valence-corrected chi connectivity index (χ1v) is 8.76. The Morgan fingerprint density at radius 3 is 2.82 bits per heavy atom. The molecule has 1 aliphatic heterocycles. The number of benzene rings is 1. The summed E-state index contributed by atoms with van der Waals surface area (Å²) in [4.78, 5) is 11.7. The fourth-order valence-corrected chi connectivity index (χ4v) is 4.71. The van der Waals surface area contributed by atoms with E-state index in [2.05, 4.69) is 4.74 Å². The second-order valence-corrected chi connectivity index (χ2v) is 7.45. The molecule has 1 heterocycles. The van der Waals surface area contributed by atoms with E-state index in [1.165, 1.54) is 29.6 Å². The highest BCUT2D eigenvalue weighted by atomic mass is 32.2. The Balaban J connectivity index is 2.39. The molecule has 2 rings (SSSR count). The second-order valence-electron chi connectivity index (χ2n) is 5.56. The molecule has 0 bridgehead atoms. The van der Waals surface area contributed by atoms with Crippen molar-refractivity contribution in [3.8, 4) is 0 Å². The first-order chi connectivity index (χ1) is 10.4. The molecule has 2 unspecified atom stereocenters. The quantitative estimate of drug-likeness (QED) is 0.840. The molecule has 0 aliphatic carbocycles. The van der Waals surface area contributed by atoms with Gasteiger partial charge in [-0.25, -0.2) is 13.2 Å². The molecule has 22 heavy (non-hydrogen) atoms. The van der Waals surface area contributed by atoms with E-state index in [0.29, 0.717) is 6.54 Å². The van der Waals surface area contributed by atoms with Gasteiger partial charge in [0, 0.05) is 19.1 Å². The van der Waals surface area contributed by atoms with Crippen molar-refractivity contribution in [1.82, 2.24) is 4.31 Å². The predicted octanol–water partition coefficient (Wildman–Crippen LogP) is 1.22. The van der Waals surface area contributed by atoms with Crippen molar-refractivity contribution in [1.29, 1.82) is 0 Å². The number of sulfonamides is 1. The molecule has 7 heteroatoms. The Morgan fingerprint density at radius 1 is 1.45 bits per heavy atom. The van der Waals surface area contributed by atoms with Crippen molar-refractivity contribution in [2.75, 3.05) is 20.2 Å². The largest absolute Gasteiger partial charge is 0.465 e. The number of piperidine rings is 1. The first kappa shape index (κ1) is 16.9. The van der Waals surface area contributed by atoms with E-state index < -0.39 is 16.0 Å². The maximum absolute atomic E-state index is 12.9. The zero-order chi connectivity index (χ0) is 16.3. The summed E-state index contributed by atoms with van der Waals surface area (Å²) in [6.45, 7) is 2.76. The molecule has 1 aromatic rings. The lowest BCUT2D eigenvalue weighted by Crippen LogP contribution is -2.51. The molecule has 6 nitrogen and oxygen atoms in total. The predicted molar refractivity (Wildman–Crippen MR) is 82.9 cm³/mol. The number of carbonyl (C=O) groups excluding carboxylic acids is 1. The van der Waals surface area contributed by atoms with E-state index in [4.69, 9.17) is 5.73 Å². The zero-order valence-corrected chi connectivity index (χ0v) is 13.7. The average molecular weight is 326 g/mol. The molecular formula is C15H22N2O4S. The molecule has 1 fully saturated rings. The van der Waals surface area contributed by atoms with Gasteiger partial charge in [0.2, 0.25) is 10.0 Å². The van der Waals surface area contributed by atoms with Crippen LogP contribution in [0.3, 0.4) is 0 Å². The fourth-order valence-electron chi connectivity index (χ4n) is 2.90. The van der Waals surface area contributed by atoms with Gasteiger partial charge in [-0.15, -0.1) is 0 Å². The van der Waals surface area contributed by atoms with Gasteiger partial charge in [0.05, 0.1) is 17.6 Å². The van der Waals surface area contributed by atoms with E-state index in [0.717, 1.165) is 12.8 Å². The van der Waals surface area contributed by atoms with Gasteiger partial charge in [0.1, 0.15) is 0 Å². The van der Waals surface area contributed by atoms with Gasteiger partial charge in [0.25, 0.3) is 0 Å². The molecule has 1 aliphatic rings. The van der Waals surface area contributed by atoms with Crippen molar-refractivity contribution in [2.45, 2.75) is 30.7 Å². The molecule has 0 saturated carbocycles. The highest BCUT2D eigenvalue weighted by Gasteiger charge is 2.36. The van der Waals surface area contributed by atoms with Crippen LogP contribution in [0, 0.1) is 5.92 Å². The molecule has 0 aromatic heterocycles. The number of nitrogens with two attached hydrogens (primary N) is 1. The summed E-state index contributed by atoms with van der Waals surface area (Å²) < 4.78 is 31.9. The third-order valence-corrected chi connectivity index (χ3v) is 6.09. The van der Waals surface area contributed by atoms with Crippen LogP contribution in [0.5, 0.6) is 0 Å². The van der Waals surface area contributed by atoms with Gasteiger partial charge in [-0.3, -0.25) is 0 Å². The lowest BCUT2D eigenvalue weighted by Gasteiger charge is -2.38. The molecule has 1 aromatic carbocycles. The van der Waals surface area contributed by atoms with Crippen molar-refractivity contribution in [3.05, 3.63) is 29.8 Å². The highest BCUT2D eigenvalue weighted by Crippen LogP contribution is 2.28. The molecule has 2 atom stereocenters. The minimum absolute atomic E-state index is 0.1000. The summed E-state index contributed by atoms with van der Waals surface area (Å²) in [5.41, 5.74) is 6.00. The topological polar surface area (TPSA) is 89.7 Å². The van der Waals surface area contributed by atoms with Crippen LogP contribution in [0.4, 0.5) is 0 Å². The van der Waals surface area contributed by atoms with Gasteiger partial charge >= 0.3 is 5.97 Å². The van der Waals surface area contributed by atoms with E-state index in [1.807, 2.05) is 6.92 Å². The van der Waals surface area contributed by atoms with Crippen molar-refractivity contribution in [3.63, 3.8) is 0 Å². The van der Waals surface area contributed by atoms with Gasteiger partial charge in [-0.05, 0) is 37.0 Å². The van der Waals surface area contributed by atoms with Crippen LogP contribution in [-0.4, -0.2) is 44.9 Å². The molecular weight excluding hydrogens is 304 g/mol. The minimum atomic E-state index is -3.67. The van der Waals surface area contributed by atoms with Crippen LogP contribution in [0.1, 0.15) is 30.1 Å². The second kappa shape index (κ2) is 6.76. The van der Waals surface area contributed by atoms with Crippen LogP contribution in [0.15, 0.2) is 29.2 Å². The number of hydrogen-bond acceptors (Lipinski definition) is 5. The Labute approximate surface area is 131 Å². The third-order valence-electron chi connectivity index (χ3n) is 4.17. The van der Waals surface area contributed by atoms with E-state index in [-0.39, 0.29) is 29.0 Å². The highest BCUT2D eigenvalue weighted by molar-refractivity contribution is 7.89. The summed E-state index contributed by atoms with van der Waals surface area (Å²) in [5.74, 6) is -0.336. The number of ether oxygens (including phenoxy) is 1. The fraction of sp³-hybridized carbons (Fsp3) is 0.533. The number of hydrogen-bond donors (Lipinski definition) is 1. The van der Waals surface area contributed by atoms with Crippen LogP contribution in [0.2, 0.25) is 0 Å². The molecule has 122 valence electrons. The molecule has 0 amide bonds. The Morgan fingerprint density at radius 2 is 2.18 bits per heavy atom. The maximum atomic E-state index is 12.9. The molecule has 0 spiro atoms. The summed E-state index contributed by atoms with van der Waals surface area (Å²) in [6.07, 6.45) is 1.78. The van der Waals surface area contributed by atoms with E-state index in [1.54, 1.807) is 6.07 Å². The lowest BCUT2D eigenvalue weighted by molar-refractivity contribution is 0.0600. The average Bonchev–Trinajstić information content (AvgIpc) is 2.53. The maximum Gasteiger partial charge on any atom is 0.337 e. The summed E-state index contributed by atoms with van der Waals surface area (Å²) in [6, 6.07) is 5.72. The van der Waals surface area contributed by atoms with Crippen LogP contribution in [0.25, 0.3) is 0 Å². The van der Waals surface area contributed by atoms with Crippen LogP contribution < -0.4 is 5.73 Å². The summed E-state index contributed by atoms with van der Waals surface area (Å²) in [7, 11) is -2.41. The normalized spacial score (nSPS) is 23.2. The summed E-state index contributed by atoms with van der Waals surface area (Å²) >= 11 is 0. The van der Waals surface area contributed by atoms with Gasteiger partial charge in [-0.2, -0.15) is 4.31 Å². The third kappa shape index (κ3) is 3.16. The Hall–Kier alpha value is -1.44. The first-order valence-electron chi connectivity index (χ1n) is 7.32. The van der Waals surface area contributed by atoms with E-state index >= 15 is 0 Å². The number of nitrogens with zero attached hydrogens (tertiary/aromatic N) is 1. The minimum Gasteiger partial charge on any atom is -0.465 e. The lowest BCUT2D eigenvalue weighted by atomic mass is 9.93. The monoisotopic (exact) mass is 326 g/mol. The molecule has 2 N–H and O–H groups in total. The van der Waals surface area contributed by atoms with Crippen LogP contribution in [-0.2, 0) is 14.8 Å². The van der Waals surface area contributed by atoms with Gasteiger partial charge in [0.15, 0.2) is 0 Å². The van der Waals surface area contributed by atoms with Gasteiger partial charge < -0.3 is 10.5 Å². The van der Waals surface area contributed by atoms with Crippen molar-refractivity contribution < 1.29 is 17.9 Å². The summed E-state index contributed by atoms with van der Waals surface area (Å²) in [5, 5.41) is 0. The Bertz CT molecular complexity index is 645. The van der Waals surface area contributed by atoms with E-state index in [9.17, 15) is 13.2 Å². The zero-order valence-electron chi connectivity index (χ0n) is 12.9. The SMILES string of the molecule is COC(=O)c1cccc(S(=O)(=O)N2CCCC(C)C2CN)c1. The molecule has 0 radical (unpaired) electrons.